The average molecular weight is 283 g/mol. The Kier molecular flexibility index (Phi) is 4.04. The van der Waals surface area contributed by atoms with Crippen LogP contribution in [0.4, 0.5) is 5.69 Å². The number of nitrogens with one attached hydrogen (secondary N) is 1. The smallest absolute Gasteiger partial charge is 0.258 e. The molecule has 1 aromatic carbocycles. The summed E-state index contributed by atoms with van der Waals surface area (Å²) in [6, 6.07) is 8.18. The van der Waals surface area contributed by atoms with Gasteiger partial charge in [0, 0.05) is 18.9 Å². The van der Waals surface area contributed by atoms with Gasteiger partial charge in [0.05, 0.1) is 11.8 Å². The summed E-state index contributed by atoms with van der Waals surface area (Å²) >= 11 is 0. The molecule has 1 fully saturated rings. The van der Waals surface area contributed by atoms with Crippen LogP contribution in [0.5, 0.6) is 0 Å². The zero-order chi connectivity index (χ0) is 14.7. The van der Waals surface area contributed by atoms with Crippen molar-refractivity contribution in [3.63, 3.8) is 0 Å². The van der Waals surface area contributed by atoms with E-state index in [2.05, 4.69) is 22.5 Å². The molecule has 1 aliphatic rings. The average Bonchev–Trinajstić information content (AvgIpc) is 2.95. The van der Waals surface area contributed by atoms with Crippen molar-refractivity contribution in [2.24, 2.45) is 7.05 Å². The summed E-state index contributed by atoms with van der Waals surface area (Å²) in [7, 11) is 1.81. The van der Waals surface area contributed by atoms with Crippen molar-refractivity contribution >= 4 is 11.6 Å². The monoisotopic (exact) mass is 283 g/mol. The standard InChI is InChI=1S/C17H21N3O/c1-20-12-14(11-18-20)17(21)19-16-10-6-5-9-15(16)13-7-3-2-4-8-13/h5-6,9-13H,2-4,7-8H2,1H3,(H,19,21). The number of aromatic nitrogens is 2. The van der Waals surface area contributed by atoms with Crippen LogP contribution in [0.3, 0.4) is 0 Å². The van der Waals surface area contributed by atoms with Gasteiger partial charge in [-0.2, -0.15) is 5.10 Å². The summed E-state index contributed by atoms with van der Waals surface area (Å²) in [6.07, 6.45) is 9.68. The van der Waals surface area contributed by atoms with Crippen LogP contribution >= 0.6 is 0 Å². The second-order valence-electron chi connectivity index (χ2n) is 5.78. The van der Waals surface area contributed by atoms with Gasteiger partial charge in [-0.05, 0) is 30.4 Å². The Balaban J connectivity index is 1.80. The molecule has 21 heavy (non-hydrogen) atoms. The number of carbonyl (C=O) groups is 1. The Bertz CT molecular complexity index is 626. The second-order valence-corrected chi connectivity index (χ2v) is 5.78. The van der Waals surface area contributed by atoms with E-state index in [1.165, 1.54) is 37.7 Å². The molecule has 2 aromatic rings. The van der Waals surface area contributed by atoms with E-state index < -0.39 is 0 Å². The van der Waals surface area contributed by atoms with Gasteiger partial charge in [-0.3, -0.25) is 9.48 Å². The van der Waals surface area contributed by atoms with E-state index in [1.54, 1.807) is 17.1 Å². The van der Waals surface area contributed by atoms with Crippen LogP contribution in [-0.2, 0) is 7.05 Å². The van der Waals surface area contributed by atoms with Crippen molar-refractivity contribution < 1.29 is 4.79 Å². The van der Waals surface area contributed by atoms with Crippen LogP contribution < -0.4 is 5.32 Å². The molecule has 1 saturated carbocycles. The number of hydrogen-bond acceptors (Lipinski definition) is 2. The fraction of sp³-hybridized carbons (Fsp3) is 0.412. The van der Waals surface area contributed by atoms with Crippen molar-refractivity contribution in [2.75, 3.05) is 5.32 Å². The van der Waals surface area contributed by atoms with Crippen LogP contribution in [0.25, 0.3) is 0 Å². The second kappa shape index (κ2) is 6.12. The molecule has 1 N–H and O–H groups in total. The van der Waals surface area contributed by atoms with E-state index in [-0.39, 0.29) is 5.91 Å². The van der Waals surface area contributed by atoms with Crippen LogP contribution in [0, 0.1) is 0 Å². The largest absolute Gasteiger partial charge is 0.322 e. The molecule has 0 unspecified atom stereocenters. The SMILES string of the molecule is Cn1cc(C(=O)Nc2ccccc2C2CCCCC2)cn1. The molecule has 0 atom stereocenters. The predicted octanol–water partition coefficient (Wildman–Crippen LogP) is 3.72. The summed E-state index contributed by atoms with van der Waals surface area (Å²) in [5, 5.41) is 7.09. The molecule has 4 nitrogen and oxygen atoms in total. The van der Waals surface area contributed by atoms with E-state index in [1.807, 2.05) is 19.2 Å². The lowest BCUT2D eigenvalue weighted by atomic mass is 9.83. The lowest BCUT2D eigenvalue weighted by Crippen LogP contribution is -2.14. The topological polar surface area (TPSA) is 46.9 Å². The van der Waals surface area contributed by atoms with Gasteiger partial charge in [0.2, 0.25) is 0 Å². The molecule has 3 rings (SSSR count). The maximum atomic E-state index is 12.3. The number of hydrogen-bond donors (Lipinski definition) is 1. The van der Waals surface area contributed by atoms with Gasteiger partial charge in [-0.15, -0.1) is 0 Å². The van der Waals surface area contributed by atoms with Crippen LogP contribution in [-0.4, -0.2) is 15.7 Å². The molecule has 1 aromatic heterocycles. The molecule has 0 radical (unpaired) electrons. The van der Waals surface area contributed by atoms with Gasteiger partial charge in [0.15, 0.2) is 0 Å². The quantitative estimate of drug-likeness (QED) is 0.933. The van der Waals surface area contributed by atoms with E-state index >= 15 is 0 Å². The summed E-state index contributed by atoms with van der Waals surface area (Å²) in [5.41, 5.74) is 2.81. The van der Waals surface area contributed by atoms with Gasteiger partial charge in [-0.1, -0.05) is 37.5 Å². The van der Waals surface area contributed by atoms with E-state index in [9.17, 15) is 4.79 Å². The highest BCUT2D eigenvalue weighted by molar-refractivity contribution is 6.04. The third-order valence-corrected chi connectivity index (χ3v) is 4.22. The van der Waals surface area contributed by atoms with Crippen molar-refractivity contribution in [2.45, 2.75) is 38.0 Å². The van der Waals surface area contributed by atoms with Crippen LogP contribution in [0.1, 0.15) is 53.9 Å². The van der Waals surface area contributed by atoms with Gasteiger partial charge in [0.1, 0.15) is 0 Å². The number of para-hydroxylation sites is 1. The third kappa shape index (κ3) is 3.15. The number of carbonyl (C=O) groups excluding carboxylic acids is 1. The maximum absolute atomic E-state index is 12.3. The number of anilines is 1. The number of nitrogens with zero attached hydrogens (tertiary/aromatic N) is 2. The summed E-state index contributed by atoms with van der Waals surface area (Å²) in [5.74, 6) is 0.482. The molecule has 110 valence electrons. The number of benzene rings is 1. The fourth-order valence-corrected chi connectivity index (χ4v) is 3.11. The van der Waals surface area contributed by atoms with Gasteiger partial charge in [0.25, 0.3) is 5.91 Å². The van der Waals surface area contributed by atoms with Gasteiger partial charge < -0.3 is 5.32 Å². The number of amides is 1. The minimum Gasteiger partial charge on any atom is -0.322 e. The molecule has 0 bridgehead atoms. The first-order valence-electron chi connectivity index (χ1n) is 7.63. The third-order valence-electron chi connectivity index (χ3n) is 4.22. The highest BCUT2D eigenvalue weighted by Crippen LogP contribution is 2.36. The van der Waals surface area contributed by atoms with E-state index in [0.29, 0.717) is 11.5 Å². The zero-order valence-corrected chi connectivity index (χ0v) is 12.4. The highest BCUT2D eigenvalue weighted by atomic mass is 16.1. The summed E-state index contributed by atoms with van der Waals surface area (Å²) in [6.45, 7) is 0. The molecule has 1 heterocycles. The van der Waals surface area contributed by atoms with Gasteiger partial charge >= 0.3 is 0 Å². The van der Waals surface area contributed by atoms with E-state index in [0.717, 1.165) is 5.69 Å². The van der Waals surface area contributed by atoms with Crippen molar-refractivity contribution in [1.82, 2.24) is 9.78 Å². The predicted molar refractivity (Wildman–Crippen MR) is 83.4 cm³/mol. The molecular weight excluding hydrogens is 262 g/mol. The fourth-order valence-electron chi connectivity index (χ4n) is 3.11. The molecule has 4 heteroatoms. The normalized spacial score (nSPS) is 15.9. The lowest BCUT2D eigenvalue weighted by Gasteiger charge is -2.24. The Morgan fingerprint density at radius 3 is 2.71 bits per heavy atom. The minimum atomic E-state index is -0.0913. The van der Waals surface area contributed by atoms with Gasteiger partial charge in [-0.25, -0.2) is 0 Å². The number of aryl methyl sites for hydroxylation is 1. The van der Waals surface area contributed by atoms with E-state index in [4.69, 9.17) is 0 Å². The first-order valence-corrected chi connectivity index (χ1v) is 7.63. The summed E-state index contributed by atoms with van der Waals surface area (Å²) < 4.78 is 1.64. The van der Waals surface area contributed by atoms with Crippen molar-refractivity contribution in [1.29, 1.82) is 0 Å². The Hall–Kier alpha value is -2.10. The highest BCUT2D eigenvalue weighted by Gasteiger charge is 2.19. The molecular formula is C17H21N3O. The first kappa shape index (κ1) is 13.9. The molecule has 0 aliphatic heterocycles. The molecule has 0 saturated heterocycles. The Morgan fingerprint density at radius 2 is 2.00 bits per heavy atom. The lowest BCUT2D eigenvalue weighted by molar-refractivity contribution is 0.102. The minimum absolute atomic E-state index is 0.0913. The zero-order valence-electron chi connectivity index (χ0n) is 12.4. The molecule has 1 amide bonds. The first-order chi connectivity index (χ1) is 10.2. The molecule has 1 aliphatic carbocycles. The maximum Gasteiger partial charge on any atom is 0.258 e. The summed E-state index contributed by atoms with van der Waals surface area (Å²) in [4.78, 5) is 12.3. The Morgan fingerprint density at radius 1 is 1.24 bits per heavy atom. The van der Waals surface area contributed by atoms with Crippen LogP contribution in [0.2, 0.25) is 0 Å². The molecule has 0 spiro atoms. The van der Waals surface area contributed by atoms with Crippen molar-refractivity contribution in [3.8, 4) is 0 Å². The Labute approximate surface area is 125 Å². The van der Waals surface area contributed by atoms with Crippen molar-refractivity contribution in [3.05, 3.63) is 47.8 Å². The van der Waals surface area contributed by atoms with Crippen LogP contribution in [0.15, 0.2) is 36.7 Å². The number of rotatable bonds is 3.